The van der Waals surface area contributed by atoms with Crippen molar-refractivity contribution in [2.24, 2.45) is 41.4 Å². The number of ether oxygens (including phenoxy) is 1. The summed E-state index contributed by atoms with van der Waals surface area (Å²) in [5.41, 5.74) is 0. The summed E-state index contributed by atoms with van der Waals surface area (Å²) in [6.07, 6.45) is 16.7. The third-order valence-electron chi connectivity index (χ3n) is 8.64. The Morgan fingerprint density at radius 2 is 1.27 bits per heavy atom. The van der Waals surface area contributed by atoms with Crippen LogP contribution in [0.2, 0.25) is 0 Å². The Kier molecular flexibility index (Phi) is 6.59. The molecule has 150 valence electrons. The van der Waals surface area contributed by atoms with Gasteiger partial charge in [0.15, 0.2) is 0 Å². The SMILES string of the molecule is OCC(CO)OCCCCCCCCC1CCC2C(C1)C1C3CCC3C21. The molecule has 0 amide bonds. The highest BCUT2D eigenvalue weighted by molar-refractivity contribution is 5.16. The summed E-state index contributed by atoms with van der Waals surface area (Å²) >= 11 is 0. The fourth-order valence-corrected chi connectivity index (χ4v) is 7.15. The average molecular weight is 365 g/mol. The molecule has 3 heteroatoms. The van der Waals surface area contributed by atoms with Crippen molar-refractivity contribution in [3.63, 3.8) is 0 Å². The van der Waals surface area contributed by atoms with E-state index < -0.39 is 0 Å². The van der Waals surface area contributed by atoms with E-state index in [0.29, 0.717) is 6.61 Å². The molecule has 0 aromatic carbocycles. The van der Waals surface area contributed by atoms with Crippen LogP contribution in [-0.4, -0.2) is 36.1 Å². The molecule has 2 N–H and O–H groups in total. The number of unbranched alkanes of at least 4 members (excludes halogenated alkanes) is 5. The van der Waals surface area contributed by atoms with Gasteiger partial charge in [-0.2, -0.15) is 0 Å². The molecule has 0 aromatic rings. The first kappa shape index (κ1) is 19.2. The summed E-state index contributed by atoms with van der Waals surface area (Å²) in [4.78, 5) is 0. The Hall–Kier alpha value is -0.120. The summed E-state index contributed by atoms with van der Waals surface area (Å²) in [5, 5.41) is 17.9. The first-order valence-electron chi connectivity index (χ1n) is 11.7. The Labute approximate surface area is 159 Å². The molecule has 0 bridgehead atoms. The minimum absolute atomic E-state index is 0.0814. The molecule has 4 fully saturated rings. The van der Waals surface area contributed by atoms with Crippen LogP contribution in [0.4, 0.5) is 0 Å². The van der Waals surface area contributed by atoms with Gasteiger partial charge in [0.2, 0.25) is 0 Å². The molecular weight excluding hydrogens is 324 g/mol. The fourth-order valence-electron chi connectivity index (χ4n) is 7.15. The van der Waals surface area contributed by atoms with E-state index in [1.165, 1.54) is 68.6 Å². The van der Waals surface area contributed by atoms with Crippen LogP contribution in [0, 0.1) is 41.4 Å². The summed E-state index contributed by atoms with van der Waals surface area (Å²) in [7, 11) is 0. The van der Waals surface area contributed by atoms with E-state index in [0.717, 1.165) is 24.2 Å². The van der Waals surface area contributed by atoms with Crippen LogP contribution in [0.15, 0.2) is 0 Å². The van der Waals surface area contributed by atoms with Crippen LogP contribution in [0.25, 0.3) is 0 Å². The van der Waals surface area contributed by atoms with Crippen LogP contribution >= 0.6 is 0 Å². The van der Waals surface area contributed by atoms with E-state index in [-0.39, 0.29) is 19.3 Å². The van der Waals surface area contributed by atoms with Crippen molar-refractivity contribution in [1.29, 1.82) is 0 Å². The Balaban J connectivity index is 0.992. The summed E-state index contributed by atoms with van der Waals surface area (Å²) < 4.78 is 5.41. The van der Waals surface area contributed by atoms with Crippen molar-refractivity contribution >= 4 is 0 Å². The zero-order valence-electron chi connectivity index (χ0n) is 16.5. The maximum atomic E-state index is 8.94. The molecular formula is C23H40O3. The first-order valence-corrected chi connectivity index (χ1v) is 11.7. The van der Waals surface area contributed by atoms with Gasteiger partial charge in [-0.05, 0) is 73.5 Å². The maximum Gasteiger partial charge on any atom is 0.104 e. The zero-order valence-corrected chi connectivity index (χ0v) is 16.5. The smallest absolute Gasteiger partial charge is 0.104 e. The molecule has 4 saturated carbocycles. The molecule has 0 saturated heterocycles. The van der Waals surface area contributed by atoms with E-state index in [1.807, 2.05) is 0 Å². The number of aliphatic hydroxyl groups excluding tert-OH is 2. The lowest BCUT2D eigenvalue weighted by Gasteiger charge is -2.74. The van der Waals surface area contributed by atoms with Crippen molar-refractivity contribution in [2.45, 2.75) is 83.2 Å². The van der Waals surface area contributed by atoms with E-state index >= 15 is 0 Å². The number of rotatable bonds is 12. The minimum atomic E-state index is -0.383. The zero-order chi connectivity index (χ0) is 17.9. The molecule has 4 rings (SSSR count). The van der Waals surface area contributed by atoms with Crippen LogP contribution in [0.3, 0.4) is 0 Å². The Bertz CT molecular complexity index is 429. The summed E-state index contributed by atoms with van der Waals surface area (Å²) in [6, 6.07) is 0. The standard InChI is InChI=1S/C23H40O3/c24-14-17(15-25)26-12-6-4-2-1-3-5-7-16-8-9-20-21(13-16)23-19-11-10-18(19)22(20)23/h16-25H,1-15H2. The van der Waals surface area contributed by atoms with Gasteiger partial charge in [0.1, 0.15) is 6.10 Å². The van der Waals surface area contributed by atoms with Gasteiger partial charge in [0, 0.05) is 6.61 Å². The summed E-state index contributed by atoms with van der Waals surface area (Å²) in [5.74, 6) is 8.15. The number of hydrogen-bond donors (Lipinski definition) is 2. The second-order valence-corrected chi connectivity index (χ2v) is 9.83. The molecule has 4 aliphatic carbocycles. The monoisotopic (exact) mass is 364 g/mol. The van der Waals surface area contributed by atoms with Crippen LogP contribution in [0.1, 0.15) is 77.0 Å². The second-order valence-electron chi connectivity index (χ2n) is 9.83. The van der Waals surface area contributed by atoms with Gasteiger partial charge >= 0.3 is 0 Å². The predicted molar refractivity (Wildman–Crippen MR) is 104 cm³/mol. The van der Waals surface area contributed by atoms with Gasteiger partial charge in [0.05, 0.1) is 13.2 Å². The average Bonchev–Trinajstić information content (AvgIpc) is 2.64. The molecule has 26 heavy (non-hydrogen) atoms. The van der Waals surface area contributed by atoms with Gasteiger partial charge in [0.25, 0.3) is 0 Å². The molecule has 0 radical (unpaired) electrons. The van der Waals surface area contributed by atoms with Crippen LogP contribution in [0.5, 0.6) is 0 Å². The van der Waals surface area contributed by atoms with Gasteiger partial charge in [-0.1, -0.05) is 44.9 Å². The lowest BCUT2D eigenvalue weighted by Crippen LogP contribution is -2.69. The van der Waals surface area contributed by atoms with E-state index in [2.05, 4.69) is 0 Å². The third kappa shape index (κ3) is 3.73. The van der Waals surface area contributed by atoms with E-state index in [4.69, 9.17) is 14.9 Å². The number of hydrogen-bond acceptors (Lipinski definition) is 3. The van der Waals surface area contributed by atoms with Crippen molar-refractivity contribution < 1.29 is 14.9 Å². The first-order chi connectivity index (χ1) is 12.8. The third-order valence-corrected chi connectivity index (χ3v) is 8.64. The van der Waals surface area contributed by atoms with E-state index in [1.54, 1.807) is 25.7 Å². The number of fused-ring (bicyclic) bond motifs is 7. The van der Waals surface area contributed by atoms with Crippen molar-refractivity contribution in [2.75, 3.05) is 19.8 Å². The van der Waals surface area contributed by atoms with Crippen molar-refractivity contribution in [3.8, 4) is 0 Å². The topological polar surface area (TPSA) is 49.7 Å². The molecule has 0 spiro atoms. The lowest BCUT2D eigenvalue weighted by molar-refractivity contribution is -0.264. The molecule has 7 unspecified atom stereocenters. The van der Waals surface area contributed by atoms with Crippen molar-refractivity contribution in [1.82, 2.24) is 0 Å². The Morgan fingerprint density at radius 1 is 0.692 bits per heavy atom. The molecule has 0 heterocycles. The second kappa shape index (κ2) is 8.92. The molecule has 7 atom stereocenters. The minimum Gasteiger partial charge on any atom is -0.394 e. The van der Waals surface area contributed by atoms with E-state index in [9.17, 15) is 0 Å². The van der Waals surface area contributed by atoms with Gasteiger partial charge in [-0.3, -0.25) is 0 Å². The molecule has 4 aliphatic rings. The van der Waals surface area contributed by atoms with Crippen LogP contribution < -0.4 is 0 Å². The van der Waals surface area contributed by atoms with Gasteiger partial charge < -0.3 is 14.9 Å². The van der Waals surface area contributed by atoms with Gasteiger partial charge in [-0.25, -0.2) is 0 Å². The largest absolute Gasteiger partial charge is 0.394 e. The van der Waals surface area contributed by atoms with Gasteiger partial charge in [-0.15, -0.1) is 0 Å². The van der Waals surface area contributed by atoms with Crippen molar-refractivity contribution in [3.05, 3.63) is 0 Å². The highest BCUT2D eigenvalue weighted by Gasteiger charge is 2.68. The highest BCUT2D eigenvalue weighted by Crippen LogP contribution is 2.74. The highest BCUT2D eigenvalue weighted by atomic mass is 16.5. The normalized spacial score (nSPS) is 40.0. The fraction of sp³-hybridized carbons (Fsp3) is 1.00. The summed E-state index contributed by atoms with van der Waals surface area (Å²) in [6.45, 7) is 0.504. The molecule has 0 aliphatic heterocycles. The Morgan fingerprint density at radius 3 is 1.96 bits per heavy atom. The lowest BCUT2D eigenvalue weighted by atomic mass is 9.30. The predicted octanol–water partition coefficient (Wildman–Crippen LogP) is 4.41. The molecule has 0 aromatic heterocycles. The maximum absolute atomic E-state index is 8.94. The number of aliphatic hydroxyl groups is 2. The quantitative estimate of drug-likeness (QED) is 0.505. The molecule has 3 nitrogen and oxygen atoms in total. The van der Waals surface area contributed by atoms with Crippen LogP contribution in [-0.2, 0) is 4.74 Å².